The summed E-state index contributed by atoms with van der Waals surface area (Å²) in [6, 6.07) is 5.16. The summed E-state index contributed by atoms with van der Waals surface area (Å²) in [6.45, 7) is 1.81. The lowest BCUT2D eigenvalue weighted by molar-refractivity contribution is -0.384. The van der Waals surface area contributed by atoms with Gasteiger partial charge in [0.2, 0.25) is 0 Å². The molecular formula is C15H16N6O4S. The molecule has 26 heavy (non-hydrogen) atoms. The Labute approximate surface area is 152 Å². The van der Waals surface area contributed by atoms with Crippen LogP contribution in [0, 0.1) is 10.1 Å². The molecule has 0 aromatic heterocycles. The average Bonchev–Trinajstić information content (AvgIpc) is 2.61. The second kappa shape index (κ2) is 7.54. The van der Waals surface area contributed by atoms with E-state index in [9.17, 15) is 19.7 Å². The SMILES string of the molecule is CC1=CC(=O)N2N[C@@H](C(=O)N/N=C\c3ccc([N+](=O)[O-])cc3)CS[C@H]2N1. The van der Waals surface area contributed by atoms with Gasteiger partial charge in [-0.1, -0.05) is 0 Å². The van der Waals surface area contributed by atoms with Crippen molar-refractivity contribution in [3.63, 3.8) is 0 Å². The molecule has 2 atom stereocenters. The molecule has 0 radical (unpaired) electrons. The number of non-ortho nitro benzene ring substituents is 1. The monoisotopic (exact) mass is 376 g/mol. The Kier molecular flexibility index (Phi) is 5.19. The van der Waals surface area contributed by atoms with Crippen LogP contribution in [-0.2, 0) is 9.59 Å². The standard InChI is InChI=1S/C15H16N6O4S/c1-9-6-13(22)20-15(17-9)26-8-12(19-20)14(23)18-16-7-10-2-4-11(5-3-10)21(24)25/h2-7,12,15,17,19H,8H2,1H3,(H,18,23)/b16-7-/t12-,15+/m1/s1. The number of nitrogens with one attached hydrogen (secondary N) is 3. The molecule has 2 aliphatic rings. The molecule has 2 amide bonds. The molecule has 0 bridgehead atoms. The van der Waals surface area contributed by atoms with Crippen LogP contribution in [0.2, 0.25) is 0 Å². The molecule has 1 aromatic carbocycles. The summed E-state index contributed by atoms with van der Waals surface area (Å²) < 4.78 is 0. The molecule has 11 heteroatoms. The molecule has 0 spiro atoms. The Bertz CT molecular complexity index is 794. The topological polar surface area (TPSA) is 129 Å². The van der Waals surface area contributed by atoms with Crippen LogP contribution in [0.1, 0.15) is 12.5 Å². The number of benzene rings is 1. The summed E-state index contributed by atoms with van der Waals surface area (Å²) in [5.41, 5.74) is 6.41. The normalized spacial score (nSPS) is 22.4. The summed E-state index contributed by atoms with van der Waals surface area (Å²) in [7, 11) is 0. The fourth-order valence-electron chi connectivity index (χ4n) is 2.38. The van der Waals surface area contributed by atoms with Crippen molar-refractivity contribution in [2.24, 2.45) is 5.10 Å². The molecule has 0 unspecified atom stereocenters. The highest BCUT2D eigenvalue weighted by atomic mass is 32.2. The van der Waals surface area contributed by atoms with Gasteiger partial charge in [-0.05, 0) is 24.6 Å². The number of amides is 2. The van der Waals surface area contributed by atoms with Gasteiger partial charge in [0.15, 0.2) is 5.50 Å². The first-order valence-corrected chi connectivity index (χ1v) is 8.72. The van der Waals surface area contributed by atoms with Gasteiger partial charge in [0.1, 0.15) is 6.04 Å². The molecule has 0 aliphatic carbocycles. The summed E-state index contributed by atoms with van der Waals surface area (Å²) in [5.74, 6) is -0.132. The minimum absolute atomic E-state index is 0.0201. The Balaban J connectivity index is 1.55. The van der Waals surface area contributed by atoms with Gasteiger partial charge in [-0.3, -0.25) is 19.7 Å². The van der Waals surface area contributed by atoms with Crippen LogP contribution in [0.5, 0.6) is 0 Å². The quantitative estimate of drug-likeness (QED) is 0.391. The number of thioether (sulfide) groups is 1. The van der Waals surface area contributed by atoms with Gasteiger partial charge in [-0.15, -0.1) is 11.8 Å². The van der Waals surface area contributed by atoms with Crippen LogP contribution in [0.3, 0.4) is 0 Å². The van der Waals surface area contributed by atoms with E-state index in [0.717, 1.165) is 5.70 Å². The van der Waals surface area contributed by atoms with Crippen molar-refractivity contribution in [3.05, 3.63) is 51.7 Å². The van der Waals surface area contributed by atoms with Crippen molar-refractivity contribution in [2.75, 3.05) is 5.75 Å². The maximum absolute atomic E-state index is 12.2. The lowest BCUT2D eigenvalue weighted by Crippen LogP contribution is -2.65. The van der Waals surface area contributed by atoms with E-state index < -0.39 is 11.0 Å². The Hall–Kier alpha value is -2.92. The number of allylic oxidation sites excluding steroid dienone is 1. The van der Waals surface area contributed by atoms with E-state index in [2.05, 4.69) is 21.3 Å². The largest absolute Gasteiger partial charge is 0.359 e. The number of rotatable bonds is 4. The maximum Gasteiger partial charge on any atom is 0.269 e. The van der Waals surface area contributed by atoms with Crippen LogP contribution in [0.4, 0.5) is 5.69 Å². The van der Waals surface area contributed by atoms with E-state index in [1.807, 2.05) is 6.92 Å². The predicted molar refractivity (Wildman–Crippen MR) is 95.7 cm³/mol. The fraction of sp³-hybridized carbons (Fsp3) is 0.267. The number of carbonyl (C=O) groups is 2. The third kappa shape index (κ3) is 4.00. The average molecular weight is 376 g/mol. The van der Waals surface area contributed by atoms with Gasteiger partial charge >= 0.3 is 0 Å². The molecule has 3 N–H and O–H groups in total. The third-order valence-corrected chi connectivity index (χ3v) is 4.86. The van der Waals surface area contributed by atoms with Gasteiger partial charge in [-0.25, -0.2) is 15.9 Å². The number of hydrogen-bond donors (Lipinski definition) is 3. The number of nitro benzene ring substituents is 1. The van der Waals surface area contributed by atoms with Crippen molar-refractivity contribution in [1.29, 1.82) is 0 Å². The zero-order chi connectivity index (χ0) is 18.7. The van der Waals surface area contributed by atoms with Crippen LogP contribution in [-0.4, -0.2) is 45.3 Å². The second-order valence-electron chi connectivity index (χ2n) is 5.63. The highest BCUT2D eigenvalue weighted by Crippen LogP contribution is 2.23. The number of nitrogens with zero attached hydrogens (tertiary/aromatic N) is 3. The van der Waals surface area contributed by atoms with E-state index in [4.69, 9.17) is 0 Å². The summed E-state index contributed by atoms with van der Waals surface area (Å²) in [4.78, 5) is 34.3. The van der Waals surface area contributed by atoms with E-state index in [-0.39, 0.29) is 23.0 Å². The maximum atomic E-state index is 12.2. The predicted octanol–water partition coefficient (Wildman–Crippen LogP) is 0.284. The number of hydrogen-bond acceptors (Lipinski definition) is 8. The molecular weight excluding hydrogens is 360 g/mol. The van der Waals surface area contributed by atoms with E-state index in [1.54, 1.807) is 0 Å². The minimum atomic E-state index is -0.609. The molecule has 3 rings (SSSR count). The molecule has 0 saturated carbocycles. The molecule has 1 aromatic rings. The highest BCUT2D eigenvalue weighted by Gasteiger charge is 2.36. The first-order chi connectivity index (χ1) is 12.4. The lowest BCUT2D eigenvalue weighted by atomic mass is 10.2. The number of hydrazine groups is 1. The molecule has 10 nitrogen and oxygen atoms in total. The highest BCUT2D eigenvalue weighted by molar-refractivity contribution is 7.99. The van der Waals surface area contributed by atoms with Crippen LogP contribution < -0.4 is 16.2 Å². The molecule has 2 heterocycles. The Morgan fingerprint density at radius 2 is 2.19 bits per heavy atom. The van der Waals surface area contributed by atoms with E-state index in [1.165, 1.54) is 53.3 Å². The number of hydrazone groups is 1. The first kappa shape index (κ1) is 17.9. The van der Waals surface area contributed by atoms with Gasteiger partial charge in [0, 0.05) is 29.7 Å². The van der Waals surface area contributed by atoms with E-state index in [0.29, 0.717) is 11.3 Å². The number of carbonyl (C=O) groups excluding carboxylic acids is 2. The first-order valence-electron chi connectivity index (χ1n) is 7.67. The third-order valence-electron chi connectivity index (χ3n) is 3.69. The zero-order valence-electron chi connectivity index (χ0n) is 13.7. The van der Waals surface area contributed by atoms with Crippen molar-refractivity contribution < 1.29 is 14.5 Å². The molecule has 136 valence electrons. The van der Waals surface area contributed by atoms with Crippen LogP contribution in [0.25, 0.3) is 0 Å². The van der Waals surface area contributed by atoms with Crippen LogP contribution in [0.15, 0.2) is 41.1 Å². The van der Waals surface area contributed by atoms with Crippen LogP contribution >= 0.6 is 11.8 Å². The van der Waals surface area contributed by atoms with Crippen molar-refractivity contribution in [3.8, 4) is 0 Å². The van der Waals surface area contributed by atoms with Gasteiger partial charge < -0.3 is 5.32 Å². The molecule has 2 aliphatic heterocycles. The van der Waals surface area contributed by atoms with Gasteiger partial charge in [-0.2, -0.15) is 5.10 Å². The van der Waals surface area contributed by atoms with Crippen molar-refractivity contribution in [1.82, 2.24) is 21.2 Å². The van der Waals surface area contributed by atoms with Crippen molar-refractivity contribution >= 4 is 35.5 Å². The van der Waals surface area contributed by atoms with Crippen molar-refractivity contribution in [2.45, 2.75) is 18.5 Å². The van der Waals surface area contributed by atoms with E-state index >= 15 is 0 Å². The Morgan fingerprint density at radius 3 is 2.88 bits per heavy atom. The summed E-state index contributed by atoms with van der Waals surface area (Å²) in [5, 5.41) is 19.0. The van der Waals surface area contributed by atoms with Gasteiger partial charge in [0.05, 0.1) is 11.1 Å². The zero-order valence-corrected chi connectivity index (χ0v) is 14.5. The minimum Gasteiger partial charge on any atom is -0.359 e. The smallest absolute Gasteiger partial charge is 0.269 e. The lowest BCUT2D eigenvalue weighted by Gasteiger charge is -2.41. The molecule has 1 fully saturated rings. The second-order valence-corrected chi connectivity index (χ2v) is 6.74. The Morgan fingerprint density at radius 1 is 1.46 bits per heavy atom. The number of nitro groups is 1. The summed E-state index contributed by atoms with van der Waals surface area (Å²) in [6.07, 6.45) is 2.84. The fourth-order valence-corrected chi connectivity index (χ4v) is 3.56. The summed E-state index contributed by atoms with van der Waals surface area (Å²) >= 11 is 1.44. The molecule has 1 saturated heterocycles. The number of fused-ring (bicyclic) bond motifs is 1. The van der Waals surface area contributed by atoms with Gasteiger partial charge in [0.25, 0.3) is 17.5 Å².